The van der Waals surface area contributed by atoms with E-state index in [4.69, 9.17) is 9.47 Å². The normalized spacial score (nSPS) is 29.8. The molecule has 0 aromatic carbocycles. The fraction of sp³-hybridized carbons (Fsp3) is 0.857. The zero-order valence-electron chi connectivity index (χ0n) is 12.6. The average molecular weight is 284 g/mol. The monoisotopic (exact) mass is 284 g/mol. The maximum absolute atomic E-state index is 12.3. The van der Waals surface area contributed by atoms with Crippen molar-refractivity contribution in [2.75, 3.05) is 20.2 Å². The van der Waals surface area contributed by atoms with Crippen molar-refractivity contribution in [2.24, 2.45) is 5.92 Å². The molecule has 0 radical (unpaired) electrons. The van der Waals surface area contributed by atoms with E-state index in [0.29, 0.717) is 13.1 Å². The molecule has 3 aliphatic rings. The van der Waals surface area contributed by atoms with E-state index >= 15 is 0 Å². The van der Waals surface area contributed by atoms with Gasteiger partial charge in [0.25, 0.3) is 0 Å². The topological polar surface area (TPSA) is 67.9 Å². The molecule has 6 heteroatoms. The molecule has 1 amide bonds. The predicted octanol–water partition coefficient (Wildman–Crippen LogP) is 1.15. The molecule has 3 heterocycles. The molecule has 114 valence electrons. The first-order valence-corrected chi connectivity index (χ1v) is 7.12. The van der Waals surface area contributed by atoms with Gasteiger partial charge in [-0.1, -0.05) is 0 Å². The van der Waals surface area contributed by atoms with Crippen molar-refractivity contribution in [3.8, 4) is 0 Å². The molecule has 0 aliphatic carbocycles. The Morgan fingerprint density at radius 3 is 2.55 bits per heavy atom. The molecule has 0 saturated carbocycles. The summed E-state index contributed by atoms with van der Waals surface area (Å²) < 4.78 is 10.3. The summed E-state index contributed by atoms with van der Waals surface area (Å²) in [5, 5.41) is 3.22. The average Bonchev–Trinajstić information content (AvgIpc) is 2.67. The van der Waals surface area contributed by atoms with Crippen LogP contribution >= 0.6 is 0 Å². The standard InChI is InChI=1S/C14H24N2O4/c1-14(2,3)20-13(18)16-8-9-5-6-10(16)7-15-11(9)12(17)19-4/h9-11,15H,5-8H2,1-4H3. The number of amides is 1. The molecule has 3 unspecified atom stereocenters. The second-order valence-electron chi connectivity index (χ2n) is 6.53. The summed E-state index contributed by atoms with van der Waals surface area (Å²) in [5.41, 5.74) is -0.502. The second-order valence-corrected chi connectivity index (χ2v) is 6.53. The molecule has 3 rings (SSSR count). The Labute approximate surface area is 119 Å². The van der Waals surface area contributed by atoms with E-state index in [0.717, 1.165) is 12.8 Å². The van der Waals surface area contributed by atoms with Gasteiger partial charge in [-0.15, -0.1) is 0 Å². The van der Waals surface area contributed by atoms with Crippen LogP contribution in [0.3, 0.4) is 0 Å². The zero-order chi connectivity index (χ0) is 14.9. The van der Waals surface area contributed by atoms with E-state index in [2.05, 4.69) is 5.32 Å². The molecule has 0 spiro atoms. The number of rotatable bonds is 1. The van der Waals surface area contributed by atoms with Crippen molar-refractivity contribution < 1.29 is 19.1 Å². The fourth-order valence-corrected chi connectivity index (χ4v) is 2.92. The van der Waals surface area contributed by atoms with Crippen molar-refractivity contribution in [3.05, 3.63) is 0 Å². The van der Waals surface area contributed by atoms with Gasteiger partial charge in [0.15, 0.2) is 0 Å². The van der Waals surface area contributed by atoms with Crippen LogP contribution in [0.4, 0.5) is 4.79 Å². The van der Waals surface area contributed by atoms with Gasteiger partial charge in [0.2, 0.25) is 0 Å². The quantitative estimate of drug-likeness (QED) is 0.732. The van der Waals surface area contributed by atoms with Crippen LogP contribution in [-0.4, -0.2) is 54.8 Å². The molecule has 3 fully saturated rings. The summed E-state index contributed by atoms with van der Waals surface area (Å²) in [7, 11) is 1.40. The summed E-state index contributed by atoms with van der Waals surface area (Å²) in [6.45, 7) is 6.73. The molecule has 6 nitrogen and oxygen atoms in total. The van der Waals surface area contributed by atoms with E-state index in [1.807, 2.05) is 20.8 Å². The number of carbonyl (C=O) groups excluding carboxylic acids is 2. The Kier molecular flexibility index (Phi) is 4.22. The first kappa shape index (κ1) is 15.1. The smallest absolute Gasteiger partial charge is 0.410 e. The molecule has 3 aliphatic heterocycles. The van der Waals surface area contributed by atoms with Gasteiger partial charge in [0.1, 0.15) is 11.6 Å². The van der Waals surface area contributed by atoms with Gasteiger partial charge in [0, 0.05) is 25.0 Å². The fourth-order valence-electron chi connectivity index (χ4n) is 2.92. The molecular weight excluding hydrogens is 260 g/mol. The highest BCUT2D eigenvalue weighted by Gasteiger charge is 2.43. The van der Waals surface area contributed by atoms with Crippen molar-refractivity contribution >= 4 is 12.1 Å². The first-order valence-electron chi connectivity index (χ1n) is 7.12. The minimum Gasteiger partial charge on any atom is -0.468 e. The Balaban J connectivity index is 2.08. The largest absolute Gasteiger partial charge is 0.468 e. The molecule has 1 N–H and O–H groups in total. The third-order valence-electron chi connectivity index (χ3n) is 3.87. The number of nitrogens with zero attached hydrogens (tertiary/aromatic N) is 1. The van der Waals surface area contributed by atoms with E-state index in [-0.39, 0.29) is 30.1 Å². The highest BCUT2D eigenvalue weighted by atomic mass is 16.6. The zero-order valence-corrected chi connectivity index (χ0v) is 12.6. The van der Waals surface area contributed by atoms with E-state index in [1.165, 1.54) is 7.11 Å². The maximum atomic E-state index is 12.3. The van der Waals surface area contributed by atoms with Gasteiger partial charge in [-0.2, -0.15) is 0 Å². The molecule has 3 saturated heterocycles. The lowest BCUT2D eigenvalue weighted by atomic mass is 9.90. The van der Waals surface area contributed by atoms with Crippen LogP contribution in [0, 0.1) is 5.92 Å². The Morgan fingerprint density at radius 1 is 1.25 bits per heavy atom. The number of nitrogens with one attached hydrogen (secondary N) is 1. The summed E-state index contributed by atoms with van der Waals surface area (Å²) in [6.07, 6.45) is 1.53. The van der Waals surface area contributed by atoms with Crippen LogP contribution < -0.4 is 5.32 Å². The van der Waals surface area contributed by atoms with Gasteiger partial charge in [-0.25, -0.2) is 4.79 Å². The van der Waals surface area contributed by atoms with Gasteiger partial charge in [-0.3, -0.25) is 4.79 Å². The van der Waals surface area contributed by atoms with Crippen molar-refractivity contribution in [1.29, 1.82) is 0 Å². The van der Waals surface area contributed by atoms with Gasteiger partial charge >= 0.3 is 12.1 Å². The van der Waals surface area contributed by atoms with Crippen molar-refractivity contribution in [2.45, 2.75) is 51.3 Å². The van der Waals surface area contributed by atoms with Crippen molar-refractivity contribution in [1.82, 2.24) is 10.2 Å². The van der Waals surface area contributed by atoms with E-state index in [1.54, 1.807) is 4.90 Å². The van der Waals surface area contributed by atoms with Crippen LogP contribution in [0.15, 0.2) is 0 Å². The van der Waals surface area contributed by atoms with Gasteiger partial charge in [0.05, 0.1) is 7.11 Å². The minimum absolute atomic E-state index is 0.0914. The molecular formula is C14H24N2O4. The lowest BCUT2D eigenvalue weighted by Crippen LogP contribution is -2.49. The number of fused-ring (bicyclic) bond motifs is 4. The van der Waals surface area contributed by atoms with Crippen molar-refractivity contribution in [3.63, 3.8) is 0 Å². The lowest BCUT2D eigenvalue weighted by molar-refractivity contribution is -0.144. The van der Waals surface area contributed by atoms with E-state index in [9.17, 15) is 9.59 Å². The number of hydrogen-bond acceptors (Lipinski definition) is 5. The summed E-state index contributed by atoms with van der Waals surface area (Å²) in [5.74, 6) is -0.157. The highest BCUT2D eigenvalue weighted by molar-refractivity contribution is 5.76. The Bertz CT molecular complexity index is 391. The number of methoxy groups -OCH3 is 1. The third-order valence-corrected chi connectivity index (χ3v) is 3.87. The van der Waals surface area contributed by atoms with Crippen LogP contribution in [0.2, 0.25) is 0 Å². The van der Waals surface area contributed by atoms with Crippen LogP contribution in [0.1, 0.15) is 33.6 Å². The first-order chi connectivity index (χ1) is 9.31. The SMILES string of the molecule is COC(=O)C1NCC2CCC1CN2C(=O)OC(C)(C)C. The van der Waals surface area contributed by atoms with Crippen LogP contribution in [0.5, 0.6) is 0 Å². The number of carbonyl (C=O) groups is 2. The molecule has 0 aromatic heterocycles. The summed E-state index contributed by atoms with van der Waals surface area (Å²) >= 11 is 0. The Morgan fingerprint density at radius 2 is 1.95 bits per heavy atom. The highest BCUT2D eigenvalue weighted by Crippen LogP contribution is 2.29. The van der Waals surface area contributed by atoms with Gasteiger partial charge < -0.3 is 19.7 Å². The molecule has 0 aromatic rings. The Hall–Kier alpha value is -1.30. The minimum atomic E-state index is -0.502. The molecule has 3 atom stereocenters. The number of ether oxygens (including phenoxy) is 2. The second kappa shape index (κ2) is 5.60. The molecule has 20 heavy (non-hydrogen) atoms. The van der Waals surface area contributed by atoms with Crippen LogP contribution in [0.25, 0.3) is 0 Å². The number of piperidine rings is 1. The summed E-state index contributed by atoms with van der Waals surface area (Å²) in [6, 6.07) is -0.229. The molecule has 2 bridgehead atoms. The van der Waals surface area contributed by atoms with Gasteiger partial charge in [-0.05, 0) is 33.6 Å². The third kappa shape index (κ3) is 3.23. The lowest BCUT2D eigenvalue weighted by Gasteiger charge is -2.37. The number of esters is 1. The summed E-state index contributed by atoms with van der Waals surface area (Å²) in [4.78, 5) is 25.8. The predicted molar refractivity (Wildman–Crippen MR) is 73.3 cm³/mol. The maximum Gasteiger partial charge on any atom is 0.410 e. The number of hydrogen-bond donors (Lipinski definition) is 1. The van der Waals surface area contributed by atoms with E-state index < -0.39 is 5.60 Å². The van der Waals surface area contributed by atoms with Crippen LogP contribution in [-0.2, 0) is 14.3 Å².